The third-order valence-electron chi connectivity index (χ3n) is 5.34. The van der Waals surface area contributed by atoms with Crippen molar-refractivity contribution in [2.45, 2.75) is 38.5 Å². The lowest BCUT2D eigenvalue weighted by atomic mass is 9.95. The van der Waals surface area contributed by atoms with E-state index in [1.807, 2.05) is 54.3 Å². The van der Waals surface area contributed by atoms with E-state index in [-0.39, 0.29) is 11.8 Å². The predicted octanol–water partition coefficient (Wildman–Crippen LogP) is 4.08. The van der Waals surface area contributed by atoms with Gasteiger partial charge >= 0.3 is 0 Å². The summed E-state index contributed by atoms with van der Waals surface area (Å²) < 4.78 is 27.3. The van der Waals surface area contributed by atoms with E-state index in [0.29, 0.717) is 43.3 Å². The van der Waals surface area contributed by atoms with Gasteiger partial charge in [-0.05, 0) is 49.9 Å². The number of benzene rings is 2. The Hall–Kier alpha value is -2.18. The molecule has 0 N–H and O–H groups in total. The Morgan fingerprint density at radius 3 is 2.17 bits per heavy atom. The summed E-state index contributed by atoms with van der Waals surface area (Å²) in [4.78, 5) is 15.4. The normalized spacial score (nSPS) is 16.1. The second-order valence-corrected chi connectivity index (χ2v) is 10.1. The van der Waals surface area contributed by atoms with Crippen LogP contribution in [0.4, 0.5) is 5.69 Å². The van der Waals surface area contributed by atoms with Gasteiger partial charge in [-0.3, -0.25) is 4.79 Å². The summed E-state index contributed by atoms with van der Waals surface area (Å²) >= 11 is 0. The Balaban J connectivity index is 1.70. The maximum absolute atomic E-state index is 13.3. The maximum atomic E-state index is 13.3. The molecule has 0 bridgehead atoms. The Labute approximate surface area is 174 Å². The van der Waals surface area contributed by atoms with E-state index in [9.17, 15) is 13.2 Å². The zero-order chi connectivity index (χ0) is 21.0. The summed E-state index contributed by atoms with van der Waals surface area (Å²) in [5, 5.41) is 0. The van der Waals surface area contributed by atoms with Crippen molar-refractivity contribution in [1.82, 2.24) is 4.31 Å². The predicted molar refractivity (Wildman–Crippen MR) is 116 cm³/mol. The standard InChI is InChI=1S/C23H30N2O3S/c1-18(2)17-25(21-7-5-4-6-8-21)23(26)20-13-15-24(16-14-20)29(27,28)22-11-9-19(3)10-12-22/h4-12,18,20H,13-17H2,1-3H3. The third kappa shape index (κ3) is 5.06. The first-order chi connectivity index (χ1) is 13.8. The molecule has 156 valence electrons. The van der Waals surface area contributed by atoms with Crippen LogP contribution in [-0.2, 0) is 14.8 Å². The van der Waals surface area contributed by atoms with Gasteiger partial charge < -0.3 is 4.90 Å². The summed E-state index contributed by atoms with van der Waals surface area (Å²) in [5.41, 5.74) is 1.93. The molecule has 1 heterocycles. The number of anilines is 1. The SMILES string of the molecule is Cc1ccc(S(=O)(=O)N2CCC(C(=O)N(CC(C)C)c3ccccc3)CC2)cc1. The number of carbonyl (C=O) groups is 1. The van der Waals surface area contributed by atoms with Crippen LogP contribution in [0.2, 0.25) is 0 Å². The molecule has 1 aliphatic rings. The number of hydrogen-bond acceptors (Lipinski definition) is 3. The Morgan fingerprint density at radius 1 is 1.03 bits per heavy atom. The van der Waals surface area contributed by atoms with E-state index in [1.54, 1.807) is 12.1 Å². The van der Waals surface area contributed by atoms with Crippen molar-refractivity contribution < 1.29 is 13.2 Å². The van der Waals surface area contributed by atoms with Crippen molar-refractivity contribution in [3.63, 3.8) is 0 Å². The topological polar surface area (TPSA) is 57.7 Å². The van der Waals surface area contributed by atoms with Crippen LogP contribution in [0, 0.1) is 18.8 Å². The summed E-state index contributed by atoms with van der Waals surface area (Å²) in [5.74, 6) is 0.289. The molecule has 5 nitrogen and oxygen atoms in total. The molecule has 0 aromatic heterocycles. The van der Waals surface area contributed by atoms with E-state index in [4.69, 9.17) is 0 Å². The van der Waals surface area contributed by atoms with Crippen LogP contribution >= 0.6 is 0 Å². The van der Waals surface area contributed by atoms with Gasteiger partial charge in [0.2, 0.25) is 15.9 Å². The lowest BCUT2D eigenvalue weighted by Gasteiger charge is -2.34. The van der Waals surface area contributed by atoms with Crippen LogP contribution in [0.15, 0.2) is 59.5 Å². The van der Waals surface area contributed by atoms with Gasteiger partial charge in [0.25, 0.3) is 0 Å². The molecule has 3 rings (SSSR count). The molecule has 2 aromatic rings. The van der Waals surface area contributed by atoms with Crippen molar-refractivity contribution in [3.8, 4) is 0 Å². The molecule has 1 saturated heterocycles. The molecule has 0 unspecified atom stereocenters. The molecular weight excluding hydrogens is 384 g/mol. The first-order valence-electron chi connectivity index (χ1n) is 10.2. The number of hydrogen-bond donors (Lipinski definition) is 0. The molecule has 0 atom stereocenters. The zero-order valence-corrected chi connectivity index (χ0v) is 18.2. The van der Waals surface area contributed by atoms with Gasteiger partial charge in [0.15, 0.2) is 0 Å². The van der Waals surface area contributed by atoms with Crippen LogP contribution in [-0.4, -0.2) is 38.3 Å². The smallest absolute Gasteiger partial charge is 0.243 e. The number of sulfonamides is 1. The Kier molecular flexibility index (Phi) is 6.75. The van der Waals surface area contributed by atoms with Crippen LogP contribution in [0.25, 0.3) is 0 Å². The number of rotatable bonds is 6. The summed E-state index contributed by atoms with van der Waals surface area (Å²) in [6.45, 7) is 7.53. The van der Waals surface area contributed by atoms with Crippen LogP contribution in [0.1, 0.15) is 32.3 Å². The van der Waals surface area contributed by atoms with Crippen molar-refractivity contribution in [3.05, 3.63) is 60.2 Å². The average Bonchev–Trinajstić information content (AvgIpc) is 2.72. The molecular formula is C23H30N2O3S. The molecule has 0 saturated carbocycles. The molecule has 0 aliphatic carbocycles. The molecule has 1 aliphatic heterocycles. The van der Waals surface area contributed by atoms with E-state index < -0.39 is 10.0 Å². The number of aryl methyl sites for hydroxylation is 1. The minimum Gasteiger partial charge on any atom is -0.312 e. The second kappa shape index (κ2) is 9.09. The zero-order valence-electron chi connectivity index (χ0n) is 17.4. The molecule has 29 heavy (non-hydrogen) atoms. The van der Waals surface area contributed by atoms with Gasteiger partial charge in [-0.2, -0.15) is 4.31 Å². The molecule has 1 amide bonds. The minimum absolute atomic E-state index is 0.0947. The van der Waals surface area contributed by atoms with E-state index in [0.717, 1.165) is 11.3 Å². The molecule has 2 aromatic carbocycles. The fourth-order valence-electron chi connectivity index (χ4n) is 3.72. The van der Waals surface area contributed by atoms with Gasteiger partial charge in [0, 0.05) is 31.2 Å². The van der Waals surface area contributed by atoms with E-state index in [2.05, 4.69) is 13.8 Å². The van der Waals surface area contributed by atoms with Crippen molar-refractivity contribution >= 4 is 21.6 Å². The van der Waals surface area contributed by atoms with E-state index >= 15 is 0 Å². The number of carbonyl (C=O) groups excluding carboxylic acids is 1. The molecule has 0 radical (unpaired) electrons. The van der Waals surface area contributed by atoms with Crippen LogP contribution in [0.5, 0.6) is 0 Å². The second-order valence-electron chi connectivity index (χ2n) is 8.17. The van der Waals surface area contributed by atoms with Gasteiger partial charge in [0.1, 0.15) is 0 Å². The highest BCUT2D eigenvalue weighted by molar-refractivity contribution is 7.89. The number of para-hydroxylation sites is 1. The average molecular weight is 415 g/mol. The molecule has 0 spiro atoms. The number of piperidine rings is 1. The van der Waals surface area contributed by atoms with Crippen molar-refractivity contribution in [2.24, 2.45) is 11.8 Å². The van der Waals surface area contributed by atoms with Gasteiger partial charge in [-0.15, -0.1) is 0 Å². The van der Waals surface area contributed by atoms with Crippen LogP contribution in [0.3, 0.4) is 0 Å². The lowest BCUT2D eigenvalue weighted by molar-refractivity contribution is -0.123. The number of nitrogens with zero attached hydrogens (tertiary/aromatic N) is 2. The van der Waals surface area contributed by atoms with Gasteiger partial charge in [-0.1, -0.05) is 49.7 Å². The Bertz CT molecular complexity index is 916. The van der Waals surface area contributed by atoms with Crippen molar-refractivity contribution in [1.29, 1.82) is 0 Å². The molecule has 6 heteroatoms. The highest BCUT2D eigenvalue weighted by atomic mass is 32.2. The maximum Gasteiger partial charge on any atom is 0.243 e. The summed E-state index contributed by atoms with van der Waals surface area (Å²) in [6.07, 6.45) is 1.09. The van der Waals surface area contributed by atoms with Crippen LogP contribution < -0.4 is 4.90 Å². The monoisotopic (exact) mass is 414 g/mol. The first kappa shape index (κ1) is 21.5. The van der Waals surface area contributed by atoms with Gasteiger partial charge in [0.05, 0.1) is 4.90 Å². The number of amides is 1. The largest absolute Gasteiger partial charge is 0.312 e. The summed E-state index contributed by atoms with van der Waals surface area (Å²) in [7, 11) is -3.51. The highest BCUT2D eigenvalue weighted by Crippen LogP contribution is 2.27. The minimum atomic E-state index is -3.51. The quantitative estimate of drug-likeness (QED) is 0.715. The lowest BCUT2D eigenvalue weighted by Crippen LogP contribution is -2.45. The Morgan fingerprint density at radius 2 is 1.62 bits per heavy atom. The van der Waals surface area contributed by atoms with Gasteiger partial charge in [-0.25, -0.2) is 8.42 Å². The molecule has 1 fully saturated rings. The highest BCUT2D eigenvalue weighted by Gasteiger charge is 2.34. The van der Waals surface area contributed by atoms with Crippen molar-refractivity contribution in [2.75, 3.05) is 24.5 Å². The summed E-state index contributed by atoms with van der Waals surface area (Å²) in [6, 6.07) is 16.7. The first-order valence-corrected chi connectivity index (χ1v) is 11.7. The fourth-order valence-corrected chi connectivity index (χ4v) is 5.19. The van der Waals surface area contributed by atoms with E-state index in [1.165, 1.54) is 4.31 Å². The fraction of sp³-hybridized carbons (Fsp3) is 0.435. The third-order valence-corrected chi connectivity index (χ3v) is 7.26.